The van der Waals surface area contributed by atoms with Crippen LogP contribution in [-0.2, 0) is 11.2 Å². The molecular weight excluding hydrogens is 320 g/mol. The van der Waals surface area contributed by atoms with Crippen molar-refractivity contribution in [3.63, 3.8) is 0 Å². The van der Waals surface area contributed by atoms with Crippen molar-refractivity contribution in [2.75, 3.05) is 26.7 Å². The number of hydrogen-bond acceptors (Lipinski definition) is 6. The van der Waals surface area contributed by atoms with Gasteiger partial charge in [-0.15, -0.1) is 0 Å². The van der Waals surface area contributed by atoms with Crippen LogP contribution in [0.2, 0.25) is 0 Å². The van der Waals surface area contributed by atoms with E-state index in [0.717, 1.165) is 31.6 Å². The van der Waals surface area contributed by atoms with Crippen LogP contribution in [0.4, 0.5) is 0 Å². The highest BCUT2D eigenvalue weighted by Gasteiger charge is 2.30. The van der Waals surface area contributed by atoms with E-state index in [4.69, 9.17) is 9.26 Å². The lowest BCUT2D eigenvalue weighted by molar-refractivity contribution is -0.122. The molecule has 2 aromatic rings. The smallest absolute Gasteiger partial charge is 0.234 e. The number of carbonyl (C=O) groups excluding carboxylic acids is 1. The summed E-state index contributed by atoms with van der Waals surface area (Å²) in [5.41, 5.74) is 1.17. The molecule has 7 nitrogen and oxygen atoms in total. The predicted molar refractivity (Wildman–Crippen MR) is 92.3 cm³/mol. The Morgan fingerprint density at radius 1 is 1.40 bits per heavy atom. The van der Waals surface area contributed by atoms with Crippen LogP contribution in [0, 0.1) is 6.92 Å². The number of aromatic nitrogens is 2. The minimum atomic E-state index is 0.0284. The Bertz CT molecular complexity index is 699. The number of benzene rings is 1. The van der Waals surface area contributed by atoms with E-state index >= 15 is 0 Å². The number of nitrogens with zero attached hydrogens (tertiary/aromatic N) is 3. The van der Waals surface area contributed by atoms with Crippen molar-refractivity contribution < 1.29 is 14.1 Å². The summed E-state index contributed by atoms with van der Waals surface area (Å²) in [5.74, 6) is 2.11. The maximum absolute atomic E-state index is 12.2. The second-order valence-electron chi connectivity index (χ2n) is 6.25. The van der Waals surface area contributed by atoms with Gasteiger partial charge >= 0.3 is 0 Å². The zero-order valence-corrected chi connectivity index (χ0v) is 14.7. The number of methoxy groups -OCH3 is 1. The van der Waals surface area contributed by atoms with Crippen molar-refractivity contribution in [1.29, 1.82) is 0 Å². The van der Waals surface area contributed by atoms with Crippen LogP contribution in [0.15, 0.2) is 28.8 Å². The Kier molecular flexibility index (Phi) is 5.65. The first-order valence-electron chi connectivity index (χ1n) is 8.59. The predicted octanol–water partition coefficient (Wildman–Crippen LogP) is 1.88. The van der Waals surface area contributed by atoms with Crippen molar-refractivity contribution in [2.24, 2.45) is 0 Å². The van der Waals surface area contributed by atoms with Crippen LogP contribution < -0.4 is 10.1 Å². The molecule has 1 aromatic carbocycles. The van der Waals surface area contributed by atoms with Gasteiger partial charge in [0.15, 0.2) is 5.82 Å². The third-order valence-electron chi connectivity index (χ3n) is 4.45. The minimum Gasteiger partial charge on any atom is -0.497 e. The van der Waals surface area contributed by atoms with Gasteiger partial charge in [0.1, 0.15) is 5.75 Å². The van der Waals surface area contributed by atoms with E-state index in [2.05, 4.69) is 20.4 Å². The Labute approximate surface area is 147 Å². The SMILES string of the molecule is COc1ccc(CCNC(=O)CN2CCC[C@H]2c2noc(C)n2)cc1. The lowest BCUT2D eigenvalue weighted by atomic mass is 10.1. The van der Waals surface area contributed by atoms with Gasteiger partial charge in [-0.05, 0) is 43.5 Å². The second-order valence-corrected chi connectivity index (χ2v) is 6.25. The van der Waals surface area contributed by atoms with E-state index in [1.807, 2.05) is 24.3 Å². The van der Waals surface area contributed by atoms with E-state index in [-0.39, 0.29) is 11.9 Å². The van der Waals surface area contributed by atoms with E-state index in [9.17, 15) is 4.79 Å². The molecular formula is C18H24N4O3. The van der Waals surface area contributed by atoms with Gasteiger partial charge in [0, 0.05) is 13.5 Å². The number of rotatable bonds is 7. The maximum atomic E-state index is 12.2. The lowest BCUT2D eigenvalue weighted by Gasteiger charge is -2.21. The summed E-state index contributed by atoms with van der Waals surface area (Å²) in [6.07, 6.45) is 2.79. The summed E-state index contributed by atoms with van der Waals surface area (Å²) in [5, 5.41) is 6.99. The van der Waals surface area contributed by atoms with Gasteiger partial charge in [0.25, 0.3) is 0 Å². The quantitative estimate of drug-likeness (QED) is 0.826. The molecule has 25 heavy (non-hydrogen) atoms. The molecule has 1 aliphatic heterocycles. The molecule has 1 aromatic heterocycles. The lowest BCUT2D eigenvalue weighted by Crippen LogP contribution is -2.38. The first-order chi connectivity index (χ1) is 12.2. The van der Waals surface area contributed by atoms with Gasteiger partial charge in [-0.2, -0.15) is 4.98 Å². The molecule has 0 saturated carbocycles. The Hall–Kier alpha value is -2.41. The molecule has 134 valence electrons. The summed E-state index contributed by atoms with van der Waals surface area (Å²) >= 11 is 0. The highest BCUT2D eigenvalue weighted by molar-refractivity contribution is 5.78. The zero-order valence-electron chi connectivity index (χ0n) is 14.7. The van der Waals surface area contributed by atoms with E-state index in [0.29, 0.717) is 24.8 Å². The molecule has 7 heteroatoms. The van der Waals surface area contributed by atoms with E-state index in [1.165, 1.54) is 5.56 Å². The number of hydrogen-bond donors (Lipinski definition) is 1. The fourth-order valence-corrected chi connectivity index (χ4v) is 3.14. The summed E-state index contributed by atoms with van der Waals surface area (Å²) in [7, 11) is 1.65. The molecule has 2 heterocycles. The van der Waals surface area contributed by atoms with Gasteiger partial charge in [0.05, 0.1) is 19.7 Å². The van der Waals surface area contributed by atoms with Gasteiger partial charge in [-0.25, -0.2) is 0 Å². The Morgan fingerprint density at radius 2 is 2.20 bits per heavy atom. The molecule has 1 amide bonds. The topological polar surface area (TPSA) is 80.5 Å². The van der Waals surface area contributed by atoms with Gasteiger partial charge in [0.2, 0.25) is 11.8 Å². The van der Waals surface area contributed by atoms with Gasteiger partial charge < -0.3 is 14.6 Å². The number of carbonyl (C=O) groups is 1. The molecule has 1 N–H and O–H groups in total. The molecule has 0 bridgehead atoms. The van der Waals surface area contributed by atoms with Crippen LogP contribution in [0.3, 0.4) is 0 Å². The summed E-state index contributed by atoms with van der Waals surface area (Å²) in [6, 6.07) is 7.96. The number of aryl methyl sites for hydroxylation is 1. The maximum Gasteiger partial charge on any atom is 0.234 e. The Morgan fingerprint density at radius 3 is 2.88 bits per heavy atom. The third kappa shape index (κ3) is 4.57. The summed E-state index contributed by atoms with van der Waals surface area (Å²) < 4.78 is 10.2. The average molecular weight is 344 g/mol. The van der Waals surface area contributed by atoms with Gasteiger partial charge in [-0.1, -0.05) is 17.3 Å². The molecule has 1 fully saturated rings. The van der Waals surface area contributed by atoms with Gasteiger partial charge in [-0.3, -0.25) is 9.69 Å². The van der Waals surface area contributed by atoms with E-state index in [1.54, 1.807) is 14.0 Å². The molecule has 0 unspecified atom stereocenters. The van der Waals surface area contributed by atoms with E-state index < -0.39 is 0 Å². The minimum absolute atomic E-state index is 0.0284. The summed E-state index contributed by atoms with van der Waals surface area (Å²) in [6.45, 7) is 3.64. The average Bonchev–Trinajstić information content (AvgIpc) is 3.24. The van der Waals surface area contributed by atoms with Crippen molar-refractivity contribution in [3.05, 3.63) is 41.5 Å². The van der Waals surface area contributed by atoms with Crippen LogP contribution in [-0.4, -0.2) is 47.7 Å². The fourth-order valence-electron chi connectivity index (χ4n) is 3.14. The zero-order chi connectivity index (χ0) is 17.6. The standard InChI is InChI=1S/C18H24N4O3/c1-13-20-18(21-25-13)16-4-3-11-22(16)12-17(23)19-10-9-14-5-7-15(24-2)8-6-14/h5-8,16H,3-4,9-12H2,1-2H3,(H,19,23)/t16-/m0/s1. The molecule has 0 radical (unpaired) electrons. The molecule has 1 saturated heterocycles. The van der Waals surface area contributed by atoms with Crippen molar-refractivity contribution >= 4 is 5.91 Å². The molecule has 1 atom stereocenters. The Balaban J connectivity index is 1.45. The molecule has 0 spiro atoms. The van der Waals surface area contributed by atoms with Crippen LogP contribution in [0.1, 0.15) is 36.2 Å². The third-order valence-corrected chi connectivity index (χ3v) is 4.45. The van der Waals surface area contributed by atoms with Crippen LogP contribution >= 0.6 is 0 Å². The molecule has 1 aliphatic rings. The molecule has 3 rings (SSSR count). The van der Waals surface area contributed by atoms with Crippen LogP contribution in [0.25, 0.3) is 0 Å². The van der Waals surface area contributed by atoms with Crippen molar-refractivity contribution in [2.45, 2.75) is 32.2 Å². The molecule has 0 aliphatic carbocycles. The second kappa shape index (κ2) is 8.11. The monoisotopic (exact) mass is 344 g/mol. The normalized spacial score (nSPS) is 17.6. The highest BCUT2D eigenvalue weighted by Crippen LogP contribution is 2.29. The largest absolute Gasteiger partial charge is 0.497 e. The number of amides is 1. The van der Waals surface area contributed by atoms with Crippen molar-refractivity contribution in [3.8, 4) is 5.75 Å². The number of likely N-dealkylation sites (tertiary alicyclic amines) is 1. The highest BCUT2D eigenvalue weighted by atomic mass is 16.5. The fraction of sp³-hybridized carbons (Fsp3) is 0.500. The van der Waals surface area contributed by atoms with Crippen LogP contribution in [0.5, 0.6) is 5.75 Å². The summed E-state index contributed by atoms with van der Waals surface area (Å²) in [4.78, 5) is 18.7. The number of ether oxygens (including phenoxy) is 1. The first kappa shape index (κ1) is 17.4. The first-order valence-corrected chi connectivity index (χ1v) is 8.59. The number of nitrogens with one attached hydrogen (secondary N) is 1. The van der Waals surface area contributed by atoms with Crippen molar-refractivity contribution in [1.82, 2.24) is 20.4 Å².